The molecule has 1 fully saturated rings. The van der Waals surface area contributed by atoms with Crippen molar-refractivity contribution in [1.82, 2.24) is 9.88 Å². The second-order valence-electron chi connectivity index (χ2n) is 7.32. The van der Waals surface area contributed by atoms with Gasteiger partial charge in [-0.1, -0.05) is 18.2 Å². The molecule has 1 atom stereocenters. The molecule has 0 N–H and O–H groups in total. The fourth-order valence-corrected chi connectivity index (χ4v) is 4.90. The Morgan fingerprint density at radius 3 is 2.79 bits per heavy atom. The van der Waals surface area contributed by atoms with Crippen LogP contribution in [-0.4, -0.2) is 33.4 Å². The van der Waals surface area contributed by atoms with E-state index in [1.807, 2.05) is 30.3 Å². The molecule has 7 heteroatoms. The Morgan fingerprint density at radius 2 is 1.97 bits per heavy atom. The van der Waals surface area contributed by atoms with Crippen LogP contribution in [-0.2, 0) is 22.7 Å². The minimum absolute atomic E-state index is 0.0460. The number of fused-ring (bicyclic) bond motifs is 2. The van der Waals surface area contributed by atoms with E-state index in [9.17, 15) is 14.4 Å². The third-order valence-corrected chi connectivity index (χ3v) is 6.47. The zero-order valence-electron chi connectivity index (χ0n) is 15.6. The molecule has 1 saturated carbocycles. The van der Waals surface area contributed by atoms with Crippen molar-refractivity contribution >= 4 is 39.0 Å². The molecule has 0 bridgehead atoms. The van der Waals surface area contributed by atoms with Gasteiger partial charge in [0.05, 0.1) is 29.2 Å². The summed E-state index contributed by atoms with van der Waals surface area (Å²) in [4.78, 5) is 42.9. The van der Waals surface area contributed by atoms with E-state index < -0.39 is 6.04 Å². The van der Waals surface area contributed by atoms with Crippen LogP contribution in [0.5, 0.6) is 5.75 Å². The van der Waals surface area contributed by atoms with Gasteiger partial charge in [0.25, 0.3) is 5.91 Å². The molecule has 1 unspecified atom stereocenters. The van der Waals surface area contributed by atoms with Gasteiger partial charge in [-0.2, -0.15) is 0 Å². The highest BCUT2D eigenvalue weighted by Crippen LogP contribution is 2.35. The Bertz CT molecular complexity index is 1120. The maximum atomic E-state index is 12.9. The largest absolute Gasteiger partial charge is 0.486 e. The minimum atomic E-state index is -0.523. The molecule has 3 aromatic rings. The summed E-state index contributed by atoms with van der Waals surface area (Å²) in [5.74, 6) is 0.254. The number of Topliss-reactive ketones (excluding diaryl/α,β-unsaturated/α-hetero) is 2. The van der Waals surface area contributed by atoms with Crippen molar-refractivity contribution in [2.45, 2.75) is 38.5 Å². The zero-order chi connectivity index (χ0) is 20.0. The number of thiazole rings is 1. The van der Waals surface area contributed by atoms with Crippen molar-refractivity contribution in [3.63, 3.8) is 0 Å². The van der Waals surface area contributed by atoms with E-state index in [0.717, 1.165) is 20.8 Å². The highest BCUT2D eigenvalue weighted by atomic mass is 32.1. The predicted molar refractivity (Wildman–Crippen MR) is 108 cm³/mol. The van der Waals surface area contributed by atoms with E-state index in [2.05, 4.69) is 4.98 Å². The highest BCUT2D eigenvalue weighted by Gasteiger charge is 2.39. The van der Waals surface area contributed by atoms with Gasteiger partial charge < -0.3 is 9.64 Å². The number of hydrogen-bond donors (Lipinski definition) is 0. The molecule has 2 aliphatic rings. The monoisotopic (exact) mass is 406 g/mol. The predicted octanol–water partition coefficient (Wildman–Crippen LogP) is 3.52. The first-order valence-corrected chi connectivity index (χ1v) is 10.4. The second kappa shape index (κ2) is 7.08. The maximum Gasteiger partial charge on any atom is 0.255 e. The van der Waals surface area contributed by atoms with Crippen LogP contribution < -0.4 is 4.74 Å². The lowest BCUT2D eigenvalue weighted by Gasteiger charge is -2.29. The summed E-state index contributed by atoms with van der Waals surface area (Å²) >= 11 is 1.58. The standard InChI is InChI=1S/C22H18N2O4S/c25-13-8-9-17(18(26)10-13)24-11-15-14(22(24)27)4-3-6-19(15)28-12-21-23-16-5-1-2-7-20(16)29-21/h1-7,17H,8-12H2. The summed E-state index contributed by atoms with van der Waals surface area (Å²) in [6.07, 6.45) is 0.669. The summed E-state index contributed by atoms with van der Waals surface area (Å²) in [6.45, 7) is 0.648. The van der Waals surface area contributed by atoms with Crippen molar-refractivity contribution in [2.75, 3.05) is 0 Å². The Labute approximate surface area is 171 Å². The van der Waals surface area contributed by atoms with Gasteiger partial charge in [-0.15, -0.1) is 11.3 Å². The molecular weight excluding hydrogens is 388 g/mol. The Hall–Kier alpha value is -3.06. The van der Waals surface area contributed by atoms with Gasteiger partial charge in [-0.05, 0) is 30.7 Å². The molecule has 2 heterocycles. The van der Waals surface area contributed by atoms with Gasteiger partial charge in [0.2, 0.25) is 0 Å². The average Bonchev–Trinajstić information content (AvgIpc) is 3.28. The van der Waals surface area contributed by atoms with Gasteiger partial charge in [0.15, 0.2) is 5.78 Å². The number of nitrogens with zero attached hydrogens (tertiary/aromatic N) is 2. The van der Waals surface area contributed by atoms with Gasteiger partial charge in [0, 0.05) is 17.5 Å². The Balaban J connectivity index is 1.36. The molecule has 5 rings (SSSR count). The van der Waals surface area contributed by atoms with E-state index in [4.69, 9.17) is 4.74 Å². The molecule has 2 aromatic carbocycles. The molecule has 0 radical (unpaired) electrons. The number of para-hydroxylation sites is 1. The number of benzene rings is 2. The van der Waals surface area contributed by atoms with Crippen molar-refractivity contribution in [3.05, 3.63) is 58.6 Å². The lowest BCUT2D eigenvalue weighted by molar-refractivity contribution is -0.133. The van der Waals surface area contributed by atoms with Crippen LogP contribution in [0, 0.1) is 0 Å². The molecule has 146 valence electrons. The molecule has 1 aliphatic carbocycles. The third kappa shape index (κ3) is 3.21. The Kier molecular flexibility index (Phi) is 4.39. The number of rotatable bonds is 4. The lowest BCUT2D eigenvalue weighted by atomic mass is 9.92. The molecule has 1 aromatic heterocycles. The first-order chi connectivity index (χ1) is 14.1. The Morgan fingerprint density at radius 1 is 1.10 bits per heavy atom. The van der Waals surface area contributed by atoms with Crippen molar-refractivity contribution in [1.29, 1.82) is 0 Å². The number of ether oxygens (including phenoxy) is 1. The topological polar surface area (TPSA) is 76.6 Å². The number of ketones is 2. The van der Waals surface area contributed by atoms with E-state index in [0.29, 0.717) is 37.3 Å². The molecule has 6 nitrogen and oxygen atoms in total. The van der Waals surface area contributed by atoms with Crippen LogP contribution >= 0.6 is 11.3 Å². The van der Waals surface area contributed by atoms with Gasteiger partial charge in [-0.25, -0.2) is 4.98 Å². The third-order valence-electron chi connectivity index (χ3n) is 5.46. The SMILES string of the molecule is O=C1CCC(N2Cc3c(OCc4nc5ccccc5s4)cccc3C2=O)C(=O)C1. The van der Waals surface area contributed by atoms with Crippen LogP contribution in [0.4, 0.5) is 0 Å². The first kappa shape index (κ1) is 18.0. The van der Waals surface area contributed by atoms with E-state index >= 15 is 0 Å². The molecule has 1 amide bonds. The average molecular weight is 406 g/mol. The summed E-state index contributed by atoms with van der Waals surface area (Å²) in [6, 6.07) is 12.8. The van der Waals surface area contributed by atoms with E-state index in [-0.39, 0.29) is 23.9 Å². The van der Waals surface area contributed by atoms with Crippen LogP contribution in [0.25, 0.3) is 10.2 Å². The van der Waals surface area contributed by atoms with Crippen molar-refractivity contribution in [2.24, 2.45) is 0 Å². The fraction of sp³-hybridized carbons (Fsp3) is 0.273. The minimum Gasteiger partial charge on any atom is -0.486 e. The quantitative estimate of drug-likeness (QED) is 0.620. The summed E-state index contributed by atoms with van der Waals surface area (Å²) < 4.78 is 7.13. The first-order valence-electron chi connectivity index (χ1n) is 9.54. The fourth-order valence-electron chi connectivity index (χ4n) is 4.02. The second-order valence-corrected chi connectivity index (χ2v) is 8.43. The van der Waals surface area contributed by atoms with Gasteiger partial charge >= 0.3 is 0 Å². The molecule has 0 saturated heterocycles. The number of hydrogen-bond acceptors (Lipinski definition) is 6. The number of carbonyl (C=O) groups is 3. The van der Waals surface area contributed by atoms with Gasteiger partial charge in [-0.3, -0.25) is 14.4 Å². The van der Waals surface area contributed by atoms with Crippen LogP contribution in [0.3, 0.4) is 0 Å². The molecule has 29 heavy (non-hydrogen) atoms. The van der Waals surface area contributed by atoms with Crippen LogP contribution in [0.2, 0.25) is 0 Å². The molecular formula is C22H18N2O4S. The zero-order valence-corrected chi connectivity index (χ0v) is 16.4. The summed E-state index contributed by atoms with van der Waals surface area (Å²) in [7, 11) is 0. The highest BCUT2D eigenvalue weighted by molar-refractivity contribution is 7.18. The smallest absolute Gasteiger partial charge is 0.255 e. The van der Waals surface area contributed by atoms with Crippen molar-refractivity contribution < 1.29 is 19.1 Å². The molecule has 0 spiro atoms. The van der Waals surface area contributed by atoms with E-state index in [1.165, 1.54) is 0 Å². The van der Waals surface area contributed by atoms with Gasteiger partial charge in [0.1, 0.15) is 23.1 Å². The van der Waals surface area contributed by atoms with E-state index in [1.54, 1.807) is 28.4 Å². The normalized spacial score (nSPS) is 19.1. The number of amides is 1. The van der Waals surface area contributed by atoms with Crippen LogP contribution in [0.1, 0.15) is 40.2 Å². The number of aromatic nitrogens is 1. The summed E-state index contributed by atoms with van der Waals surface area (Å²) in [5.41, 5.74) is 2.31. The van der Waals surface area contributed by atoms with Crippen molar-refractivity contribution in [3.8, 4) is 5.75 Å². The van der Waals surface area contributed by atoms with Crippen LogP contribution in [0.15, 0.2) is 42.5 Å². The molecule has 1 aliphatic heterocycles. The maximum absolute atomic E-state index is 12.9. The number of carbonyl (C=O) groups excluding carboxylic acids is 3. The summed E-state index contributed by atoms with van der Waals surface area (Å²) in [5, 5.41) is 0.867. The lowest BCUT2D eigenvalue weighted by Crippen LogP contribution is -2.44.